The van der Waals surface area contributed by atoms with E-state index in [1.165, 1.54) is 22.1 Å². The summed E-state index contributed by atoms with van der Waals surface area (Å²) in [5.74, 6) is 0.681. The Morgan fingerprint density at radius 2 is 2.17 bits per heavy atom. The Morgan fingerprint density at radius 1 is 1.39 bits per heavy atom. The van der Waals surface area contributed by atoms with Crippen molar-refractivity contribution in [3.05, 3.63) is 28.2 Å². The van der Waals surface area contributed by atoms with E-state index in [-0.39, 0.29) is 5.41 Å². The van der Waals surface area contributed by atoms with Crippen LogP contribution in [-0.4, -0.2) is 18.8 Å². The molecular weight excluding hydrogens is 290 g/mol. The van der Waals surface area contributed by atoms with Gasteiger partial charge in [-0.15, -0.1) is 0 Å². The van der Waals surface area contributed by atoms with Gasteiger partial charge in [0, 0.05) is 34.1 Å². The molecule has 1 aliphatic carbocycles. The number of hydrogen-bond acceptors (Lipinski definition) is 2. The van der Waals surface area contributed by atoms with Gasteiger partial charge >= 0.3 is 0 Å². The summed E-state index contributed by atoms with van der Waals surface area (Å²) in [6, 6.07) is 7.02. The first-order valence-corrected chi connectivity index (χ1v) is 7.44. The second-order valence-electron chi connectivity index (χ2n) is 6.15. The summed E-state index contributed by atoms with van der Waals surface area (Å²) in [4.78, 5) is 0. The van der Waals surface area contributed by atoms with Crippen LogP contribution in [0.2, 0.25) is 0 Å². The molecule has 2 aliphatic rings. The van der Waals surface area contributed by atoms with Gasteiger partial charge in [-0.25, -0.2) is 0 Å². The second-order valence-corrected chi connectivity index (χ2v) is 7.01. The van der Waals surface area contributed by atoms with E-state index in [0.29, 0.717) is 18.1 Å². The number of halogens is 1. The fraction of sp³-hybridized carbons (Fsp3) is 0.600. The van der Waals surface area contributed by atoms with Gasteiger partial charge in [0.05, 0.1) is 6.10 Å². The number of benzene rings is 1. The fourth-order valence-corrected chi connectivity index (χ4v) is 3.86. The van der Waals surface area contributed by atoms with Gasteiger partial charge in [-0.1, -0.05) is 35.8 Å². The number of hydrogen-bond donors (Lipinski definition) is 1. The monoisotopic (exact) mass is 309 g/mol. The van der Waals surface area contributed by atoms with Crippen LogP contribution in [0.1, 0.15) is 25.8 Å². The molecule has 98 valence electrons. The van der Waals surface area contributed by atoms with Gasteiger partial charge in [0.25, 0.3) is 0 Å². The molecule has 1 saturated carbocycles. The van der Waals surface area contributed by atoms with Crippen molar-refractivity contribution in [3.8, 4) is 0 Å². The standard InChI is InChI=1S/C15H20BrNO/c1-9-4-5-10(8-12(9)16)17-13-11-6-7-18-14(11)15(13,2)3/h4-5,8,11,13-14,17H,6-7H2,1-3H3. The maximum absolute atomic E-state index is 5.83. The van der Waals surface area contributed by atoms with Gasteiger partial charge < -0.3 is 10.1 Å². The number of ether oxygens (including phenoxy) is 1. The van der Waals surface area contributed by atoms with Crippen molar-refractivity contribution >= 4 is 21.6 Å². The molecule has 2 fully saturated rings. The van der Waals surface area contributed by atoms with Crippen molar-refractivity contribution in [1.29, 1.82) is 0 Å². The van der Waals surface area contributed by atoms with Crippen LogP contribution in [-0.2, 0) is 4.74 Å². The van der Waals surface area contributed by atoms with Crippen LogP contribution < -0.4 is 5.32 Å². The summed E-state index contributed by atoms with van der Waals surface area (Å²) in [5.41, 5.74) is 2.71. The van der Waals surface area contributed by atoms with Crippen molar-refractivity contribution in [1.82, 2.24) is 0 Å². The number of anilines is 1. The average Bonchev–Trinajstić information content (AvgIpc) is 2.77. The quantitative estimate of drug-likeness (QED) is 0.892. The van der Waals surface area contributed by atoms with E-state index in [9.17, 15) is 0 Å². The third kappa shape index (κ3) is 1.79. The molecule has 2 nitrogen and oxygen atoms in total. The van der Waals surface area contributed by atoms with Crippen LogP contribution in [0.25, 0.3) is 0 Å². The Morgan fingerprint density at radius 3 is 2.89 bits per heavy atom. The number of fused-ring (bicyclic) bond motifs is 1. The average molecular weight is 310 g/mol. The summed E-state index contributed by atoms with van der Waals surface area (Å²) in [6.45, 7) is 7.65. The number of aryl methyl sites for hydroxylation is 1. The van der Waals surface area contributed by atoms with E-state index in [2.05, 4.69) is 60.2 Å². The Kier molecular flexibility index (Phi) is 2.94. The van der Waals surface area contributed by atoms with Crippen molar-refractivity contribution in [2.45, 2.75) is 39.3 Å². The number of nitrogens with one attached hydrogen (secondary N) is 1. The molecule has 18 heavy (non-hydrogen) atoms. The SMILES string of the molecule is Cc1ccc(NC2C3CCOC3C2(C)C)cc1Br. The first-order chi connectivity index (χ1) is 8.50. The third-order valence-electron chi connectivity index (χ3n) is 4.59. The molecular formula is C15H20BrNO. The summed E-state index contributed by atoms with van der Waals surface area (Å²) in [5, 5.41) is 3.70. The lowest BCUT2D eigenvalue weighted by Crippen LogP contribution is -2.63. The molecule has 1 aromatic rings. The molecule has 3 atom stereocenters. The van der Waals surface area contributed by atoms with Gasteiger partial charge in [-0.2, -0.15) is 0 Å². The highest BCUT2D eigenvalue weighted by Gasteiger charge is 2.59. The summed E-state index contributed by atoms with van der Waals surface area (Å²) in [7, 11) is 0. The highest BCUT2D eigenvalue weighted by Crippen LogP contribution is 2.53. The molecule has 3 rings (SSSR count). The van der Waals surface area contributed by atoms with Crippen LogP contribution in [0.5, 0.6) is 0 Å². The zero-order chi connectivity index (χ0) is 12.9. The van der Waals surface area contributed by atoms with Gasteiger partial charge in [0.15, 0.2) is 0 Å². The van der Waals surface area contributed by atoms with E-state index in [1.54, 1.807) is 0 Å². The largest absolute Gasteiger partial charge is 0.381 e. The Balaban J connectivity index is 1.78. The van der Waals surface area contributed by atoms with Crippen molar-refractivity contribution in [2.24, 2.45) is 11.3 Å². The normalized spacial score (nSPS) is 32.8. The zero-order valence-electron chi connectivity index (χ0n) is 11.2. The molecule has 1 saturated heterocycles. The highest BCUT2D eigenvalue weighted by molar-refractivity contribution is 9.10. The molecule has 1 aliphatic heterocycles. The lowest BCUT2D eigenvalue weighted by Gasteiger charge is -2.55. The minimum atomic E-state index is 0.235. The van der Waals surface area contributed by atoms with Crippen molar-refractivity contribution in [2.75, 3.05) is 11.9 Å². The van der Waals surface area contributed by atoms with E-state index >= 15 is 0 Å². The molecule has 0 bridgehead atoms. The summed E-state index contributed by atoms with van der Waals surface area (Å²) in [6.07, 6.45) is 1.64. The van der Waals surface area contributed by atoms with Crippen LogP contribution >= 0.6 is 15.9 Å². The number of rotatable bonds is 2. The van der Waals surface area contributed by atoms with Crippen molar-refractivity contribution in [3.63, 3.8) is 0 Å². The van der Waals surface area contributed by atoms with E-state index in [0.717, 1.165) is 6.61 Å². The highest BCUT2D eigenvalue weighted by atomic mass is 79.9. The first-order valence-electron chi connectivity index (χ1n) is 6.64. The van der Waals surface area contributed by atoms with Crippen LogP contribution in [0.4, 0.5) is 5.69 Å². The van der Waals surface area contributed by atoms with E-state index < -0.39 is 0 Å². The van der Waals surface area contributed by atoms with Gasteiger partial charge in [0.2, 0.25) is 0 Å². The van der Waals surface area contributed by atoms with Gasteiger partial charge in [-0.3, -0.25) is 0 Å². The van der Waals surface area contributed by atoms with E-state index in [1.807, 2.05) is 0 Å². The lowest BCUT2D eigenvalue weighted by molar-refractivity contribution is -0.0923. The topological polar surface area (TPSA) is 21.3 Å². The van der Waals surface area contributed by atoms with Gasteiger partial charge in [0.1, 0.15) is 0 Å². The Hall–Kier alpha value is -0.540. The molecule has 1 N–H and O–H groups in total. The van der Waals surface area contributed by atoms with Crippen LogP contribution in [0.15, 0.2) is 22.7 Å². The fourth-order valence-electron chi connectivity index (χ4n) is 3.48. The molecule has 1 aromatic carbocycles. The molecule has 0 aromatic heterocycles. The molecule has 3 heteroatoms. The predicted molar refractivity (Wildman–Crippen MR) is 77.9 cm³/mol. The lowest BCUT2D eigenvalue weighted by atomic mass is 9.57. The maximum Gasteiger partial charge on any atom is 0.0694 e. The Labute approximate surface area is 117 Å². The van der Waals surface area contributed by atoms with Crippen LogP contribution in [0, 0.1) is 18.3 Å². The first kappa shape index (κ1) is 12.5. The minimum absolute atomic E-state index is 0.235. The Bertz CT molecular complexity index is 472. The molecule has 1 heterocycles. The summed E-state index contributed by atoms with van der Waals surface area (Å²) < 4.78 is 7.00. The molecule has 0 amide bonds. The van der Waals surface area contributed by atoms with Crippen molar-refractivity contribution < 1.29 is 4.74 Å². The predicted octanol–water partition coefficient (Wildman–Crippen LogP) is 3.98. The minimum Gasteiger partial charge on any atom is -0.381 e. The second kappa shape index (κ2) is 4.24. The zero-order valence-corrected chi connectivity index (χ0v) is 12.8. The third-order valence-corrected chi connectivity index (χ3v) is 5.45. The molecule has 3 unspecified atom stereocenters. The maximum atomic E-state index is 5.83. The van der Waals surface area contributed by atoms with Crippen LogP contribution in [0.3, 0.4) is 0 Å². The molecule has 0 radical (unpaired) electrons. The smallest absolute Gasteiger partial charge is 0.0694 e. The van der Waals surface area contributed by atoms with E-state index in [4.69, 9.17) is 4.74 Å². The molecule has 0 spiro atoms. The van der Waals surface area contributed by atoms with Gasteiger partial charge in [-0.05, 0) is 31.0 Å². The summed E-state index contributed by atoms with van der Waals surface area (Å²) >= 11 is 3.60.